The number of rotatable bonds is 7. The molecular formula is C27H32F5N5O2. The molecule has 39 heavy (non-hydrogen) atoms. The number of nitrogens with zero attached hydrogens (tertiary/aromatic N) is 4. The summed E-state index contributed by atoms with van der Waals surface area (Å²) in [5.41, 5.74) is 3.16. The maximum absolute atomic E-state index is 14.1. The van der Waals surface area contributed by atoms with Crippen LogP contribution in [0.15, 0.2) is 48.7 Å². The molecule has 1 N–H and O–H groups in total. The van der Waals surface area contributed by atoms with Gasteiger partial charge in [0.2, 0.25) is 5.88 Å². The van der Waals surface area contributed by atoms with E-state index in [0.717, 1.165) is 16.6 Å². The monoisotopic (exact) mass is 553 g/mol. The second kappa shape index (κ2) is 11.0. The standard InChI is InChI=1S/C27H32F5N5O2/c1-5-36(25(38)34-24(27(30,31)32)22-16-26(28,29)10-12-35(22)3)17(2)18-7-6-8-19(13-18)20-14-21-9-11-33-37(21)23(15-20)39-4/h6-9,11,13-15,17,22,24H,5,10,12,16H2,1-4H3,(H,34,38). The van der Waals surface area contributed by atoms with Crippen LogP contribution in [0.1, 0.15) is 38.3 Å². The Morgan fingerprint density at radius 3 is 2.64 bits per heavy atom. The van der Waals surface area contributed by atoms with Crippen LogP contribution in [0.25, 0.3) is 16.6 Å². The Kier molecular flexibility index (Phi) is 8.06. The molecule has 3 aromatic rings. The third-order valence-corrected chi connectivity index (χ3v) is 7.36. The summed E-state index contributed by atoms with van der Waals surface area (Å²) in [4.78, 5) is 15.7. The van der Waals surface area contributed by atoms with Crippen LogP contribution in [0.3, 0.4) is 0 Å². The van der Waals surface area contributed by atoms with Gasteiger partial charge in [-0.1, -0.05) is 18.2 Å². The summed E-state index contributed by atoms with van der Waals surface area (Å²) >= 11 is 0. The molecule has 0 saturated carbocycles. The van der Waals surface area contributed by atoms with Gasteiger partial charge >= 0.3 is 12.2 Å². The second-order valence-corrected chi connectivity index (χ2v) is 9.87. The van der Waals surface area contributed by atoms with Gasteiger partial charge in [0, 0.05) is 38.0 Å². The summed E-state index contributed by atoms with van der Waals surface area (Å²) in [5, 5.41) is 6.26. The fourth-order valence-corrected chi connectivity index (χ4v) is 5.12. The summed E-state index contributed by atoms with van der Waals surface area (Å²) in [6, 6.07) is 7.31. The highest BCUT2D eigenvalue weighted by Gasteiger charge is 2.52. The van der Waals surface area contributed by atoms with Gasteiger partial charge in [0.05, 0.1) is 24.9 Å². The number of aromatic nitrogens is 2. The highest BCUT2D eigenvalue weighted by Crippen LogP contribution is 2.37. The Hall–Kier alpha value is -3.41. The van der Waals surface area contributed by atoms with Gasteiger partial charge in [0.1, 0.15) is 6.04 Å². The molecule has 3 heterocycles. The first-order chi connectivity index (χ1) is 18.3. The first-order valence-corrected chi connectivity index (χ1v) is 12.7. The first kappa shape index (κ1) is 28.6. The number of methoxy groups -OCH3 is 1. The lowest BCUT2D eigenvalue weighted by Gasteiger charge is -2.42. The predicted octanol–water partition coefficient (Wildman–Crippen LogP) is 5.76. The van der Waals surface area contributed by atoms with Gasteiger partial charge in [0.25, 0.3) is 5.92 Å². The highest BCUT2D eigenvalue weighted by atomic mass is 19.4. The van der Waals surface area contributed by atoms with E-state index >= 15 is 0 Å². The number of fused-ring (bicyclic) bond motifs is 1. The number of likely N-dealkylation sites (N-methyl/N-ethyl adjacent to an activating group) is 1. The van der Waals surface area contributed by atoms with E-state index in [-0.39, 0.29) is 13.1 Å². The van der Waals surface area contributed by atoms with Crippen molar-refractivity contribution in [1.29, 1.82) is 0 Å². The van der Waals surface area contributed by atoms with Crippen LogP contribution in [-0.2, 0) is 0 Å². The Bertz CT molecular complexity index is 1310. The van der Waals surface area contributed by atoms with Crippen molar-refractivity contribution in [2.75, 3.05) is 27.2 Å². The van der Waals surface area contributed by atoms with Crippen LogP contribution in [0.2, 0.25) is 0 Å². The fourth-order valence-electron chi connectivity index (χ4n) is 5.12. The average molecular weight is 554 g/mol. The van der Waals surface area contributed by atoms with Gasteiger partial charge in [-0.25, -0.2) is 18.1 Å². The number of hydrogen-bond acceptors (Lipinski definition) is 4. The number of amides is 2. The minimum Gasteiger partial charge on any atom is -0.481 e. The van der Waals surface area contributed by atoms with Crippen molar-refractivity contribution in [3.63, 3.8) is 0 Å². The number of urea groups is 1. The Morgan fingerprint density at radius 1 is 1.23 bits per heavy atom. The number of halogens is 5. The average Bonchev–Trinajstić information content (AvgIpc) is 3.37. The van der Waals surface area contributed by atoms with Gasteiger partial charge in [-0.15, -0.1) is 0 Å². The third-order valence-electron chi connectivity index (χ3n) is 7.36. The van der Waals surface area contributed by atoms with Crippen molar-refractivity contribution in [3.05, 3.63) is 54.2 Å². The van der Waals surface area contributed by atoms with Crippen LogP contribution in [0, 0.1) is 0 Å². The lowest BCUT2D eigenvalue weighted by Crippen LogP contribution is -2.63. The molecule has 0 bridgehead atoms. The number of nitrogens with one attached hydrogen (secondary N) is 1. The zero-order valence-electron chi connectivity index (χ0n) is 22.2. The molecule has 1 saturated heterocycles. The fraction of sp³-hybridized carbons (Fsp3) is 0.481. The summed E-state index contributed by atoms with van der Waals surface area (Å²) in [5.74, 6) is -2.70. The topological polar surface area (TPSA) is 62.1 Å². The summed E-state index contributed by atoms with van der Waals surface area (Å²) in [6.45, 7) is 3.28. The molecule has 0 spiro atoms. The quantitative estimate of drug-likeness (QED) is 0.378. The Morgan fingerprint density at radius 2 is 1.97 bits per heavy atom. The maximum Gasteiger partial charge on any atom is 0.410 e. The van der Waals surface area contributed by atoms with E-state index in [1.54, 1.807) is 36.7 Å². The van der Waals surface area contributed by atoms with Crippen LogP contribution in [0.4, 0.5) is 26.7 Å². The zero-order valence-corrected chi connectivity index (χ0v) is 22.2. The maximum atomic E-state index is 14.1. The molecule has 3 unspecified atom stereocenters. The molecule has 1 aliphatic heterocycles. The molecule has 0 radical (unpaired) electrons. The van der Waals surface area contributed by atoms with Crippen molar-refractivity contribution in [1.82, 2.24) is 24.7 Å². The van der Waals surface area contributed by atoms with E-state index in [4.69, 9.17) is 4.74 Å². The van der Waals surface area contributed by atoms with Crippen molar-refractivity contribution in [3.8, 4) is 17.0 Å². The van der Waals surface area contributed by atoms with E-state index in [9.17, 15) is 26.7 Å². The van der Waals surface area contributed by atoms with Crippen molar-refractivity contribution in [2.45, 2.75) is 56.9 Å². The van der Waals surface area contributed by atoms with Gasteiger partial charge in [-0.2, -0.15) is 18.3 Å². The highest BCUT2D eigenvalue weighted by molar-refractivity contribution is 5.76. The van der Waals surface area contributed by atoms with Crippen LogP contribution in [0.5, 0.6) is 5.88 Å². The normalized spacial score (nSPS) is 19.5. The molecule has 1 fully saturated rings. The lowest BCUT2D eigenvalue weighted by molar-refractivity contribution is -0.182. The van der Waals surface area contributed by atoms with E-state index in [1.165, 1.54) is 24.0 Å². The Balaban J connectivity index is 1.58. The molecule has 4 rings (SSSR count). The van der Waals surface area contributed by atoms with Crippen LogP contribution in [-0.4, -0.2) is 76.9 Å². The molecule has 212 valence electrons. The molecule has 3 atom stereocenters. The minimum atomic E-state index is -4.91. The SMILES string of the molecule is CCN(C(=O)NC(C1CC(F)(F)CCN1C)C(F)(F)F)C(C)c1cccc(-c2cc(OC)n3nccc3c2)c1. The second-order valence-electron chi connectivity index (χ2n) is 9.87. The van der Waals surface area contributed by atoms with E-state index in [1.807, 2.05) is 35.6 Å². The summed E-state index contributed by atoms with van der Waals surface area (Å²) < 4.78 is 77.3. The predicted molar refractivity (Wildman–Crippen MR) is 137 cm³/mol. The number of carbonyl (C=O) groups excluding carboxylic acids is 1. The number of ether oxygens (including phenoxy) is 1. The number of pyridine rings is 1. The van der Waals surface area contributed by atoms with Crippen LogP contribution >= 0.6 is 0 Å². The summed E-state index contributed by atoms with van der Waals surface area (Å²) in [7, 11) is 2.91. The largest absolute Gasteiger partial charge is 0.481 e. The number of piperidine rings is 1. The number of hydrogen-bond donors (Lipinski definition) is 1. The molecule has 2 aromatic heterocycles. The Labute approximate surface area is 223 Å². The first-order valence-electron chi connectivity index (χ1n) is 12.7. The van der Waals surface area contributed by atoms with E-state index in [2.05, 4.69) is 5.10 Å². The van der Waals surface area contributed by atoms with Crippen LogP contribution < -0.4 is 10.1 Å². The molecule has 0 aliphatic carbocycles. The number of likely N-dealkylation sites (tertiary alicyclic amines) is 1. The van der Waals surface area contributed by atoms with Crippen molar-refractivity contribution >= 4 is 11.5 Å². The molecule has 1 aliphatic rings. The summed E-state index contributed by atoms with van der Waals surface area (Å²) in [6.07, 6.45) is -4.76. The molecule has 2 amide bonds. The molecule has 12 heteroatoms. The van der Waals surface area contributed by atoms with Crippen molar-refractivity contribution in [2.24, 2.45) is 0 Å². The zero-order chi connectivity index (χ0) is 28.5. The number of carbonyl (C=O) groups is 1. The van der Waals surface area contributed by atoms with Crippen molar-refractivity contribution < 1.29 is 31.5 Å². The number of benzene rings is 1. The van der Waals surface area contributed by atoms with Gasteiger partial charge in [0.15, 0.2) is 0 Å². The molecule has 7 nitrogen and oxygen atoms in total. The van der Waals surface area contributed by atoms with E-state index in [0.29, 0.717) is 11.4 Å². The molecule has 1 aromatic carbocycles. The van der Waals surface area contributed by atoms with E-state index < -0.39 is 49.1 Å². The lowest BCUT2D eigenvalue weighted by atomic mass is 9.93. The van der Waals surface area contributed by atoms with Gasteiger partial charge < -0.3 is 19.9 Å². The smallest absolute Gasteiger partial charge is 0.410 e. The van der Waals surface area contributed by atoms with Gasteiger partial charge in [-0.3, -0.25) is 0 Å². The number of alkyl halides is 5. The van der Waals surface area contributed by atoms with Gasteiger partial charge in [-0.05, 0) is 55.8 Å². The third kappa shape index (κ3) is 6.10. The minimum absolute atomic E-state index is 0.105. The molecular weight excluding hydrogens is 521 g/mol.